The smallest absolute Gasteiger partial charge is 0.303 e. The minimum Gasteiger partial charge on any atom is -0.497 e. The highest BCUT2D eigenvalue weighted by molar-refractivity contribution is 5.66. The summed E-state index contributed by atoms with van der Waals surface area (Å²) in [4.78, 5) is 10.5. The van der Waals surface area contributed by atoms with Crippen molar-refractivity contribution in [3.63, 3.8) is 0 Å². The molecule has 0 aromatic heterocycles. The average Bonchev–Trinajstić information content (AvgIpc) is 2.29. The van der Waals surface area contributed by atoms with E-state index in [1.807, 2.05) is 32.0 Å². The molecule has 0 spiro atoms. The number of anilines is 1. The summed E-state index contributed by atoms with van der Waals surface area (Å²) in [6.45, 7) is 3.97. The summed E-state index contributed by atoms with van der Waals surface area (Å²) in [5.74, 6) is 0.0661. The second kappa shape index (κ2) is 6.13. The van der Waals surface area contributed by atoms with E-state index in [1.54, 1.807) is 7.11 Å². The average molecular weight is 237 g/mol. The fourth-order valence-corrected chi connectivity index (χ4v) is 1.60. The van der Waals surface area contributed by atoms with E-state index in [2.05, 4.69) is 5.32 Å². The first-order valence-corrected chi connectivity index (χ1v) is 5.66. The van der Waals surface area contributed by atoms with Gasteiger partial charge in [-0.05, 0) is 44.0 Å². The maximum Gasteiger partial charge on any atom is 0.303 e. The van der Waals surface area contributed by atoms with E-state index in [-0.39, 0.29) is 12.5 Å². The molecule has 1 aromatic carbocycles. The monoisotopic (exact) mass is 237 g/mol. The van der Waals surface area contributed by atoms with Gasteiger partial charge < -0.3 is 15.2 Å². The molecule has 0 bridgehead atoms. The molecule has 94 valence electrons. The highest BCUT2D eigenvalue weighted by atomic mass is 16.5. The Hall–Kier alpha value is -1.71. The SMILES string of the molecule is COc1ccc(NC(C)CCC(=O)O)c(C)c1. The number of rotatable bonds is 6. The Balaban J connectivity index is 2.59. The maximum absolute atomic E-state index is 10.5. The molecule has 1 rings (SSSR count). The molecule has 0 amide bonds. The number of methoxy groups -OCH3 is 1. The molecule has 0 aliphatic rings. The van der Waals surface area contributed by atoms with Crippen molar-refractivity contribution in [3.8, 4) is 5.75 Å². The van der Waals surface area contributed by atoms with Crippen LogP contribution in [0.1, 0.15) is 25.3 Å². The van der Waals surface area contributed by atoms with Gasteiger partial charge in [0.25, 0.3) is 0 Å². The van der Waals surface area contributed by atoms with E-state index in [0.717, 1.165) is 17.0 Å². The highest BCUT2D eigenvalue weighted by Crippen LogP contribution is 2.22. The van der Waals surface area contributed by atoms with E-state index in [4.69, 9.17) is 9.84 Å². The summed E-state index contributed by atoms with van der Waals surface area (Å²) in [5.41, 5.74) is 2.11. The Morgan fingerprint density at radius 1 is 1.53 bits per heavy atom. The van der Waals surface area contributed by atoms with Gasteiger partial charge in [-0.25, -0.2) is 0 Å². The van der Waals surface area contributed by atoms with Crippen molar-refractivity contribution in [2.75, 3.05) is 12.4 Å². The summed E-state index contributed by atoms with van der Waals surface area (Å²) >= 11 is 0. The van der Waals surface area contributed by atoms with Gasteiger partial charge in [-0.3, -0.25) is 4.79 Å². The number of benzene rings is 1. The van der Waals surface area contributed by atoms with Crippen LogP contribution in [0.25, 0.3) is 0 Å². The van der Waals surface area contributed by atoms with E-state index in [0.29, 0.717) is 6.42 Å². The van der Waals surface area contributed by atoms with Crippen LogP contribution in [-0.2, 0) is 4.79 Å². The first kappa shape index (κ1) is 13.4. The molecule has 0 saturated heterocycles. The number of hydrogen-bond donors (Lipinski definition) is 2. The third-order valence-corrected chi connectivity index (χ3v) is 2.63. The van der Waals surface area contributed by atoms with Gasteiger partial charge in [-0.15, -0.1) is 0 Å². The van der Waals surface area contributed by atoms with Gasteiger partial charge in [0.15, 0.2) is 0 Å². The molecular formula is C13H19NO3. The molecule has 2 N–H and O–H groups in total. The van der Waals surface area contributed by atoms with Crippen LogP contribution in [0.2, 0.25) is 0 Å². The highest BCUT2D eigenvalue weighted by Gasteiger charge is 2.07. The predicted molar refractivity (Wildman–Crippen MR) is 67.7 cm³/mol. The van der Waals surface area contributed by atoms with Gasteiger partial charge in [0, 0.05) is 18.2 Å². The van der Waals surface area contributed by atoms with Crippen molar-refractivity contribution in [1.82, 2.24) is 0 Å². The van der Waals surface area contributed by atoms with E-state index in [9.17, 15) is 4.79 Å². The predicted octanol–water partition coefficient (Wildman–Crippen LogP) is 2.67. The zero-order valence-corrected chi connectivity index (χ0v) is 10.5. The third kappa shape index (κ3) is 4.34. The third-order valence-electron chi connectivity index (χ3n) is 2.63. The number of carbonyl (C=O) groups is 1. The van der Waals surface area contributed by atoms with Crippen molar-refractivity contribution in [2.24, 2.45) is 0 Å². The Bertz CT molecular complexity index is 390. The lowest BCUT2D eigenvalue weighted by atomic mass is 10.1. The Morgan fingerprint density at radius 3 is 2.76 bits per heavy atom. The fraction of sp³-hybridized carbons (Fsp3) is 0.462. The van der Waals surface area contributed by atoms with Crippen molar-refractivity contribution in [3.05, 3.63) is 23.8 Å². The molecule has 4 nitrogen and oxygen atoms in total. The van der Waals surface area contributed by atoms with Crippen LogP contribution in [0.15, 0.2) is 18.2 Å². The van der Waals surface area contributed by atoms with Gasteiger partial charge in [0.2, 0.25) is 0 Å². The summed E-state index contributed by atoms with van der Waals surface area (Å²) in [5, 5.41) is 11.9. The molecule has 17 heavy (non-hydrogen) atoms. The normalized spacial score (nSPS) is 11.9. The fourth-order valence-electron chi connectivity index (χ4n) is 1.60. The van der Waals surface area contributed by atoms with Crippen LogP contribution in [-0.4, -0.2) is 24.2 Å². The maximum atomic E-state index is 10.5. The summed E-state index contributed by atoms with van der Waals surface area (Å²) in [6.07, 6.45) is 0.796. The minimum absolute atomic E-state index is 0.137. The Kier molecular flexibility index (Phi) is 4.82. The van der Waals surface area contributed by atoms with Crippen LogP contribution < -0.4 is 10.1 Å². The van der Waals surface area contributed by atoms with Crippen molar-refractivity contribution < 1.29 is 14.6 Å². The van der Waals surface area contributed by atoms with Gasteiger partial charge >= 0.3 is 5.97 Å². The second-order valence-electron chi connectivity index (χ2n) is 4.16. The number of ether oxygens (including phenoxy) is 1. The van der Waals surface area contributed by atoms with Crippen LogP contribution in [0.4, 0.5) is 5.69 Å². The lowest BCUT2D eigenvalue weighted by Crippen LogP contribution is -2.17. The first-order chi connectivity index (χ1) is 8.02. The van der Waals surface area contributed by atoms with Gasteiger partial charge in [0.05, 0.1) is 7.11 Å². The molecule has 0 aliphatic heterocycles. The lowest BCUT2D eigenvalue weighted by Gasteiger charge is -2.16. The molecule has 1 atom stereocenters. The molecule has 1 unspecified atom stereocenters. The number of aliphatic carboxylic acids is 1. The standard InChI is InChI=1S/C13H19NO3/c1-9-8-11(17-3)5-6-12(9)14-10(2)4-7-13(15)16/h5-6,8,10,14H,4,7H2,1-3H3,(H,15,16). The van der Waals surface area contributed by atoms with E-state index >= 15 is 0 Å². The largest absolute Gasteiger partial charge is 0.497 e. The first-order valence-electron chi connectivity index (χ1n) is 5.66. The van der Waals surface area contributed by atoms with E-state index < -0.39 is 5.97 Å². The molecule has 0 radical (unpaired) electrons. The molecule has 4 heteroatoms. The number of aryl methyl sites for hydroxylation is 1. The van der Waals surface area contributed by atoms with Crippen LogP contribution in [0, 0.1) is 6.92 Å². The number of hydrogen-bond acceptors (Lipinski definition) is 3. The Morgan fingerprint density at radius 2 is 2.24 bits per heavy atom. The topological polar surface area (TPSA) is 58.6 Å². The molecule has 1 aromatic rings. The van der Waals surface area contributed by atoms with Crippen LogP contribution in [0.5, 0.6) is 5.75 Å². The van der Waals surface area contributed by atoms with Gasteiger partial charge in [0.1, 0.15) is 5.75 Å². The summed E-state index contributed by atoms with van der Waals surface area (Å²) in [6, 6.07) is 5.93. The zero-order valence-electron chi connectivity index (χ0n) is 10.5. The number of carboxylic acid groups (broad SMARTS) is 1. The van der Waals surface area contributed by atoms with Gasteiger partial charge in [-0.2, -0.15) is 0 Å². The van der Waals surface area contributed by atoms with Crippen LogP contribution >= 0.6 is 0 Å². The van der Waals surface area contributed by atoms with Crippen molar-refractivity contribution in [1.29, 1.82) is 0 Å². The number of carboxylic acids is 1. The van der Waals surface area contributed by atoms with Crippen molar-refractivity contribution >= 4 is 11.7 Å². The number of nitrogens with one attached hydrogen (secondary N) is 1. The van der Waals surface area contributed by atoms with Gasteiger partial charge in [-0.1, -0.05) is 0 Å². The summed E-state index contributed by atoms with van der Waals surface area (Å²) < 4.78 is 5.13. The van der Waals surface area contributed by atoms with Crippen LogP contribution in [0.3, 0.4) is 0 Å². The molecule has 0 heterocycles. The molecule has 0 aliphatic carbocycles. The van der Waals surface area contributed by atoms with E-state index in [1.165, 1.54) is 0 Å². The van der Waals surface area contributed by atoms with Crippen molar-refractivity contribution in [2.45, 2.75) is 32.7 Å². The second-order valence-corrected chi connectivity index (χ2v) is 4.16. The zero-order chi connectivity index (χ0) is 12.8. The quantitative estimate of drug-likeness (QED) is 0.798. The Labute approximate surface area is 102 Å². The molecular weight excluding hydrogens is 218 g/mol. The minimum atomic E-state index is -0.759. The lowest BCUT2D eigenvalue weighted by molar-refractivity contribution is -0.137. The summed E-state index contributed by atoms with van der Waals surface area (Å²) in [7, 11) is 1.64. The molecule has 0 saturated carbocycles. The molecule has 0 fully saturated rings.